The summed E-state index contributed by atoms with van der Waals surface area (Å²) in [5.41, 5.74) is 2.47. The molecule has 29 heavy (non-hydrogen) atoms. The maximum atomic E-state index is 12.9. The van der Waals surface area contributed by atoms with Crippen LogP contribution in [0.4, 0.5) is 15.8 Å². The van der Waals surface area contributed by atoms with E-state index in [1.807, 2.05) is 24.3 Å². The van der Waals surface area contributed by atoms with E-state index in [9.17, 15) is 14.0 Å². The van der Waals surface area contributed by atoms with Gasteiger partial charge in [0.1, 0.15) is 5.82 Å². The van der Waals surface area contributed by atoms with Crippen LogP contribution in [-0.4, -0.2) is 56.6 Å². The highest BCUT2D eigenvalue weighted by Crippen LogP contribution is 2.19. The predicted molar refractivity (Wildman–Crippen MR) is 111 cm³/mol. The van der Waals surface area contributed by atoms with Crippen LogP contribution in [0.2, 0.25) is 0 Å². The van der Waals surface area contributed by atoms with Crippen LogP contribution in [0.1, 0.15) is 5.56 Å². The number of amides is 2. The Balaban J connectivity index is 1.48. The Hall–Kier alpha value is -3.19. The van der Waals surface area contributed by atoms with E-state index in [1.54, 1.807) is 25.3 Å². The second-order valence-corrected chi connectivity index (χ2v) is 6.77. The van der Waals surface area contributed by atoms with Gasteiger partial charge in [-0.2, -0.15) is 0 Å². The molecule has 2 aromatic carbocycles. The number of rotatable bonds is 6. The molecule has 6 nitrogen and oxygen atoms in total. The predicted octanol–water partition coefficient (Wildman–Crippen LogP) is 2.77. The van der Waals surface area contributed by atoms with Crippen molar-refractivity contribution in [2.45, 2.75) is 0 Å². The van der Waals surface area contributed by atoms with Crippen molar-refractivity contribution in [3.05, 3.63) is 66.0 Å². The molecular weight excluding hydrogens is 373 g/mol. The molecule has 1 saturated heterocycles. The standard InChI is InChI=1S/C22H24FN3O3/c1-25(22(28)11-4-17-2-5-18(23)6-3-17)16-21(27)24-19-7-9-20(10-8-19)26-12-14-29-15-13-26/h2-11H,12-16H2,1H3,(H,24,27)/b11-4+. The van der Waals surface area contributed by atoms with Crippen molar-refractivity contribution >= 4 is 29.3 Å². The van der Waals surface area contributed by atoms with Crippen molar-refractivity contribution in [3.8, 4) is 0 Å². The van der Waals surface area contributed by atoms with E-state index in [2.05, 4.69) is 10.2 Å². The molecule has 2 amide bonds. The Morgan fingerprint density at radius 3 is 2.41 bits per heavy atom. The van der Waals surface area contributed by atoms with Crippen molar-refractivity contribution in [1.82, 2.24) is 4.90 Å². The van der Waals surface area contributed by atoms with Gasteiger partial charge in [-0.3, -0.25) is 9.59 Å². The first-order chi connectivity index (χ1) is 14.0. The number of likely N-dealkylation sites (N-methyl/N-ethyl adjacent to an activating group) is 1. The number of nitrogens with one attached hydrogen (secondary N) is 1. The van der Waals surface area contributed by atoms with Crippen LogP contribution >= 0.6 is 0 Å². The second kappa shape index (κ2) is 9.84. The highest BCUT2D eigenvalue weighted by atomic mass is 19.1. The van der Waals surface area contributed by atoms with E-state index in [4.69, 9.17) is 4.74 Å². The second-order valence-electron chi connectivity index (χ2n) is 6.77. The van der Waals surface area contributed by atoms with E-state index in [-0.39, 0.29) is 24.2 Å². The van der Waals surface area contributed by atoms with Gasteiger partial charge in [0, 0.05) is 37.6 Å². The molecule has 0 aromatic heterocycles. The molecule has 2 aromatic rings. The molecule has 3 rings (SSSR count). The van der Waals surface area contributed by atoms with E-state index in [0.717, 1.165) is 18.8 Å². The number of hydrogen-bond acceptors (Lipinski definition) is 4. The van der Waals surface area contributed by atoms with Crippen LogP contribution in [0.3, 0.4) is 0 Å². The van der Waals surface area contributed by atoms with Crippen LogP contribution in [0.15, 0.2) is 54.6 Å². The normalized spacial score (nSPS) is 14.1. The number of carbonyl (C=O) groups is 2. The maximum absolute atomic E-state index is 12.9. The lowest BCUT2D eigenvalue weighted by Gasteiger charge is -2.28. The quantitative estimate of drug-likeness (QED) is 0.762. The highest BCUT2D eigenvalue weighted by Gasteiger charge is 2.13. The molecule has 1 fully saturated rings. The van der Waals surface area contributed by atoms with Gasteiger partial charge in [-0.25, -0.2) is 4.39 Å². The summed E-state index contributed by atoms with van der Waals surface area (Å²) in [6.45, 7) is 3.06. The number of halogens is 1. The summed E-state index contributed by atoms with van der Waals surface area (Å²) >= 11 is 0. The number of benzene rings is 2. The zero-order chi connectivity index (χ0) is 20.6. The fraction of sp³-hybridized carbons (Fsp3) is 0.273. The Labute approximate surface area is 169 Å². The van der Waals surface area contributed by atoms with Crippen LogP contribution < -0.4 is 10.2 Å². The maximum Gasteiger partial charge on any atom is 0.246 e. The number of morpholine rings is 1. The van der Waals surface area contributed by atoms with Gasteiger partial charge in [0.05, 0.1) is 19.8 Å². The van der Waals surface area contributed by atoms with Gasteiger partial charge in [-0.05, 0) is 48.0 Å². The Kier molecular flexibility index (Phi) is 6.97. The van der Waals surface area contributed by atoms with Crippen molar-refractivity contribution < 1.29 is 18.7 Å². The van der Waals surface area contributed by atoms with Crippen LogP contribution in [-0.2, 0) is 14.3 Å². The lowest BCUT2D eigenvalue weighted by Crippen LogP contribution is -2.36. The minimum atomic E-state index is -0.333. The number of anilines is 2. The summed E-state index contributed by atoms with van der Waals surface area (Å²) in [5.74, 6) is -0.928. The van der Waals surface area contributed by atoms with Crippen LogP contribution in [0, 0.1) is 5.82 Å². The molecule has 0 spiro atoms. The third-order valence-corrected chi connectivity index (χ3v) is 4.57. The lowest BCUT2D eigenvalue weighted by atomic mass is 10.2. The zero-order valence-electron chi connectivity index (χ0n) is 16.3. The molecule has 0 saturated carbocycles. The Morgan fingerprint density at radius 2 is 1.76 bits per heavy atom. The van der Waals surface area contributed by atoms with E-state index >= 15 is 0 Å². The van der Waals surface area contributed by atoms with Gasteiger partial charge in [0.25, 0.3) is 0 Å². The smallest absolute Gasteiger partial charge is 0.246 e. The molecular formula is C22H24FN3O3. The fourth-order valence-electron chi connectivity index (χ4n) is 2.94. The molecule has 0 aliphatic carbocycles. The summed E-state index contributed by atoms with van der Waals surface area (Å²) < 4.78 is 18.3. The average Bonchev–Trinajstić information content (AvgIpc) is 2.74. The minimum Gasteiger partial charge on any atom is -0.378 e. The topological polar surface area (TPSA) is 61.9 Å². The number of hydrogen-bond donors (Lipinski definition) is 1. The van der Waals surface area contributed by atoms with Gasteiger partial charge in [-0.1, -0.05) is 12.1 Å². The third-order valence-electron chi connectivity index (χ3n) is 4.57. The third kappa shape index (κ3) is 6.15. The average molecular weight is 397 g/mol. The molecule has 0 atom stereocenters. The van der Waals surface area contributed by atoms with Crippen molar-refractivity contribution in [1.29, 1.82) is 0 Å². The van der Waals surface area contributed by atoms with Gasteiger partial charge < -0.3 is 19.9 Å². The molecule has 0 bridgehead atoms. The van der Waals surface area contributed by atoms with E-state index < -0.39 is 0 Å². The molecule has 7 heteroatoms. The van der Waals surface area contributed by atoms with Crippen molar-refractivity contribution in [3.63, 3.8) is 0 Å². The summed E-state index contributed by atoms with van der Waals surface area (Å²) in [6.07, 6.45) is 2.94. The van der Waals surface area contributed by atoms with Crippen LogP contribution in [0.5, 0.6) is 0 Å². The van der Waals surface area contributed by atoms with E-state index in [0.29, 0.717) is 24.5 Å². The lowest BCUT2D eigenvalue weighted by molar-refractivity contribution is -0.129. The molecule has 0 unspecified atom stereocenters. The van der Waals surface area contributed by atoms with Crippen molar-refractivity contribution in [2.24, 2.45) is 0 Å². The molecule has 1 heterocycles. The highest BCUT2D eigenvalue weighted by molar-refractivity contribution is 5.98. The van der Waals surface area contributed by atoms with Gasteiger partial charge in [-0.15, -0.1) is 0 Å². The molecule has 1 N–H and O–H groups in total. The first kappa shape index (κ1) is 20.5. The zero-order valence-corrected chi connectivity index (χ0v) is 16.3. The number of carbonyl (C=O) groups excluding carboxylic acids is 2. The first-order valence-corrected chi connectivity index (χ1v) is 9.42. The number of ether oxygens (including phenoxy) is 1. The molecule has 152 valence electrons. The SMILES string of the molecule is CN(CC(=O)Nc1ccc(N2CCOCC2)cc1)C(=O)/C=C/c1ccc(F)cc1. The summed E-state index contributed by atoms with van der Waals surface area (Å²) in [4.78, 5) is 27.9. The first-order valence-electron chi connectivity index (χ1n) is 9.42. The summed E-state index contributed by atoms with van der Waals surface area (Å²) in [7, 11) is 1.55. The summed E-state index contributed by atoms with van der Waals surface area (Å²) in [6, 6.07) is 13.4. The largest absolute Gasteiger partial charge is 0.378 e. The minimum absolute atomic E-state index is 0.0716. The molecule has 0 radical (unpaired) electrons. The van der Waals surface area contributed by atoms with Crippen molar-refractivity contribution in [2.75, 3.05) is 50.1 Å². The monoisotopic (exact) mass is 397 g/mol. The fourth-order valence-corrected chi connectivity index (χ4v) is 2.94. The van der Waals surface area contributed by atoms with E-state index in [1.165, 1.54) is 23.1 Å². The van der Waals surface area contributed by atoms with Gasteiger partial charge >= 0.3 is 0 Å². The van der Waals surface area contributed by atoms with Gasteiger partial charge in [0.15, 0.2) is 0 Å². The molecule has 1 aliphatic rings. The summed E-state index contributed by atoms with van der Waals surface area (Å²) in [5, 5.41) is 2.80. The van der Waals surface area contributed by atoms with Gasteiger partial charge in [0.2, 0.25) is 11.8 Å². The number of nitrogens with zero attached hydrogens (tertiary/aromatic N) is 2. The Morgan fingerprint density at radius 1 is 1.10 bits per heavy atom. The Bertz CT molecular complexity index is 860. The molecule has 1 aliphatic heterocycles. The van der Waals surface area contributed by atoms with Crippen LogP contribution in [0.25, 0.3) is 6.08 Å².